The van der Waals surface area contributed by atoms with E-state index in [9.17, 15) is 5.11 Å². The fraction of sp³-hybridized carbons (Fsp3) is 0.571. The lowest BCUT2D eigenvalue weighted by Gasteiger charge is -2.13. The van der Waals surface area contributed by atoms with Crippen molar-refractivity contribution in [2.45, 2.75) is 39.5 Å². The highest BCUT2D eigenvalue weighted by Gasteiger charge is 2.07. The molecule has 0 spiro atoms. The molecule has 0 amide bonds. The van der Waals surface area contributed by atoms with Crippen LogP contribution in [0.2, 0.25) is 0 Å². The van der Waals surface area contributed by atoms with Gasteiger partial charge in [-0.2, -0.15) is 0 Å². The van der Waals surface area contributed by atoms with Crippen LogP contribution in [0.1, 0.15) is 44.2 Å². The minimum Gasteiger partial charge on any atom is -0.396 e. The molecule has 15 heavy (non-hydrogen) atoms. The first-order valence-electron chi connectivity index (χ1n) is 5.87. The average molecular weight is 206 g/mol. The third-order valence-corrected chi connectivity index (χ3v) is 2.81. The summed E-state index contributed by atoms with van der Waals surface area (Å²) in [6, 6.07) is 8.69. The van der Waals surface area contributed by atoms with Gasteiger partial charge in [0.15, 0.2) is 0 Å². The number of rotatable bonds is 5. The van der Waals surface area contributed by atoms with Crippen LogP contribution in [0.5, 0.6) is 0 Å². The maximum atomic E-state index is 9.19. The van der Waals surface area contributed by atoms with Gasteiger partial charge in [0.1, 0.15) is 0 Å². The van der Waals surface area contributed by atoms with Crippen LogP contribution in [0.15, 0.2) is 24.3 Å². The predicted octanol–water partition coefficient (Wildman–Crippen LogP) is 3.37. The smallest absolute Gasteiger partial charge is 0.0499 e. The molecule has 0 heterocycles. The van der Waals surface area contributed by atoms with Gasteiger partial charge >= 0.3 is 0 Å². The zero-order valence-corrected chi connectivity index (χ0v) is 10.0. The second-order valence-corrected chi connectivity index (χ2v) is 4.63. The Kier molecular flexibility index (Phi) is 4.83. The maximum absolute atomic E-state index is 9.19. The molecule has 0 saturated heterocycles. The van der Waals surface area contributed by atoms with Crippen molar-refractivity contribution in [2.24, 2.45) is 5.92 Å². The third-order valence-electron chi connectivity index (χ3n) is 2.81. The topological polar surface area (TPSA) is 20.2 Å². The van der Waals surface area contributed by atoms with Gasteiger partial charge in [-0.25, -0.2) is 0 Å². The number of aliphatic hydroxyl groups excluding tert-OH is 1. The molecular formula is C14H22O. The molecule has 1 aromatic carbocycles. The highest BCUT2D eigenvalue weighted by molar-refractivity contribution is 5.25. The van der Waals surface area contributed by atoms with Crippen LogP contribution in [0.25, 0.3) is 0 Å². The minimum atomic E-state index is 0.250. The van der Waals surface area contributed by atoms with Gasteiger partial charge in [-0.3, -0.25) is 0 Å². The third kappa shape index (κ3) is 3.67. The molecule has 1 N–H and O–H groups in total. The standard InChI is InChI=1S/C14H22O/c1-4-13(10-15)14-7-5-12(6-8-14)9-11(2)3/h5-8,11,13,15H,4,9-10H2,1-3H3. The zero-order valence-electron chi connectivity index (χ0n) is 10.0. The molecule has 84 valence electrons. The Labute approximate surface area is 93.1 Å². The summed E-state index contributed by atoms with van der Waals surface area (Å²) in [6.45, 7) is 6.83. The summed E-state index contributed by atoms with van der Waals surface area (Å²) in [6.07, 6.45) is 2.14. The van der Waals surface area contributed by atoms with Crippen LogP contribution in [-0.2, 0) is 6.42 Å². The number of hydrogen-bond donors (Lipinski definition) is 1. The van der Waals surface area contributed by atoms with Crippen molar-refractivity contribution < 1.29 is 5.11 Å². The van der Waals surface area contributed by atoms with Gasteiger partial charge in [-0.15, -0.1) is 0 Å². The lowest BCUT2D eigenvalue weighted by atomic mass is 9.94. The van der Waals surface area contributed by atoms with Crippen molar-refractivity contribution >= 4 is 0 Å². The molecule has 0 aromatic heterocycles. The van der Waals surface area contributed by atoms with Gasteiger partial charge in [0.05, 0.1) is 0 Å². The SMILES string of the molecule is CCC(CO)c1ccc(CC(C)C)cc1. The Balaban J connectivity index is 2.71. The van der Waals surface area contributed by atoms with Crippen molar-refractivity contribution in [3.63, 3.8) is 0 Å². The molecule has 1 aromatic rings. The Bertz CT molecular complexity index is 270. The van der Waals surface area contributed by atoms with E-state index in [0.29, 0.717) is 11.8 Å². The molecule has 0 radical (unpaired) electrons. The van der Waals surface area contributed by atoms with Gasteiger partial charge in [0.25, 0.3) is 0 Å². The number of aliphatic hydroxyl groups is 1. The Morgan fingerprint density at radius 2 is 1.73 bits per heavy atom. The van der Waals surface area contributed by atoms with Crippen molar-refractivity contribution in [1.82, 2.24) is 0 Å². The van der Waals surface area contributed by atoms with E-state index in [0.717, 1.165) is 12.8 Å². The van der Waals surface area contributed by atoms with Gasteiger partial charge < -0.3 is 5.11 Å². The summed E-state index contributed by atoms with van der Waals surface area (Å²) in [5, 5.41) is 9.19. The van der Waals surface area contributed by atoms with Crippen molar-refractivity contribution in [1.29, 1.82) is 0 Å². The first-order valence-corrected chi connectivity index (χ1v) is 5.87. The maximum Gasteiger partial charge on any atom is 0.0499 e. The molecule has 0 aliphatic heterocycles. The van der Waals surface area contributed by atoms with E-state index < -0.39 is 0 Å². The normalized spacial score (nSPS) is 13.1. The molecule has 1 unspecified atom stereocenters. The van der Waals surface area contributed by atoms with E-state index in [1.165, 1.54) is 11.1 Å². The largest absolute Gasteiger partial charge is 0.396 e. The quantitative estimate of drug-likeness (QED) is 0.783. The first-order chi connectivity index (χ1) is 7.17. The zero-order chi connectivity index (χ0) is 11.3. The Morgan fingerprint density at radius 1 is 1.13 bits per heavy atom. The van der Waals surface area contributed by atoms with Crippen LogP contribution in [0.4, 0.5) is 0 Å². The molecule has 1 nitrogen and oxygen atoms in total. The number of hydrogen-bond acceptors (Lipinski definition) is 1. The molecule has 0 saturated carbocycles. The molecule has 1 rings (SSSR count). The summed E-state index contributed by atoms with van der Waals surface area (Å²) in [5.41, 5.74) is 2.65. The van der Waals surface area contributed by atoms with Crippen molar-refractivity contribution in [3.8, 4) is 0 Å². The van der Waals surface area contributed by atoms with Crippen LogP contribution >= 0.6 is 0 Å². The van der Waals surface area contributed by atoms with Crippen LogP contribution in [0.3, 0.4) is 0 Å². The average Bonchev–Trinajstić information content (AvgIpc) is 2.21. The van der Waals surface area contributed by atoms with Crippen LogP contribution in [0, 0.1) is 5.92 Å². The van der Waals surface area contributed by atoms with E-state index in [1.807, 2.05) is 0 Å². The van der Waals surface area contributed by atoms with E-state index >= 15 is 0 Å². The Morgan fingerprint density at radius 3 is 2.13 bits per heavy atom. The van der Waals surface area contributed by atoms with Crippen molar-refractivity contribution in [3.05, 3.63) is 35.4 Å². The predicted molar refractivity (Wildman–Crippen MR) is 65.1 cm³/mol. The lowest BCUT2D eigenvalue weighted by molar-refractivity contribution is 0.262. The second-order valence-electron chi connectivity index (χ2n) is 4.63. The molecule has 0 fully saturated rings. The van der Waals surface area contributed by atoms with Crippen LogP contribution in [-0.4, -0.2) is 11.7 Å². The molecular weight excluding hydrogens is 184 g/mol. The molecule has 0 aliphatic carbocycles. The highest BCUT2D eigenvalue weighted by atomic mass is 16.3. The molecule has 1 atom stereocenters. The number of benzene rings is 1. The van der Waals surface area contributed by atoms with E-state index in [2.05, 4.69) is 45.0 Å². The Hall–Kier alpha value is -0.820. The van der Waals surface area contributed by atoms with Crippen LogP contribution < -0.4 is 0 Å². The minimum absolute atomic E-state index is 0.250. The monoisotopic (exact) mass is 206 g/mol. The highest BCUT2D eigenvalue weighted by Crippen LogP contribution is 2.20. The fourth-order valence-electron chi connectivity index (χ4n) is 1.87. The van der Waals surface area contributed by atoms with Gasteiger partial charge in [0, 0.05) is 12.5 Å². The van der Waals surface area contributed by atoms with E-state index in [4.69, 9.17) is 0 Å². The molecule has 0 bridgehead atoms. The first kappa shape index (κ1) is 12.3. The van der Waals surface area contributed by atoms with Gasteiger partial charge in [0.2, 0.25) is 0 Å². The van der Waals surface area contributed by atoms with Gasteiger partial charge in [-0.05, 0) is 29.9 Å². The summed E-state index contributed by atoms with van der Waals surface area (Å²) in [7, 11) is 0. The van der Waals surface area contributed by atoms with Gasteiger partial charge in [-0.1, -0.05) is 45.0 Å². The summed E-state index contributed by atoms with van der Waals surface area (Å²) < 4.78 is 0. The van der Waals surface area contributed by atoms with Crippen molar-refractivity contribution in [2.75, 3.05) is 6.61 Å². The summed E-state index contributed by atoms with van der Waals surface area (Å²) in [5.74, 6) is 1.01. The molecule has 1 heteroatoms. The summed E-state index contributed by atoms with van der Waals surface area (Å²) in [4.78, 5) is 0. The van der Waals surface area contributed by atoms with E-state index in [1.54, 1.807) is 0 Å². The van der Waals surface area contributed by atoms with E-state index in [-0.39, 0.29) is 6.61 Å². The second kappa shape index (κ2) is 5.92. The lowest BCUT2D eigenvalue weighted by Crippen LogP contribution is -2.03. The fourth-order valence-corrected chi connectivity index (χ4v) is 1.87. The summed E-state index contributed by atoms with van der Waals surface area (Å²) >= 11 is 0. The molecule has 0 aliphatic rings.